The predicted molar refractivity (Wildman–Crippen MR) is 74.5 cm³/mol. The number of likely N-dealkylation sites (N-methyl/N-ethyl adjacent to an activating group) is 1. The lowest BCUT2D eigenvalue weighted by molar-refractivity contribution is 0.306. The van der Waals surface area contributed by atoms with Crippen LogP contribution >= 0.6 is 12.2 Å². The summed E-state index contributed by atoms with van der Waals surface area (Å²) in [4.78, 5) is 18.7. The molecule has 2 aromatic rings. The molecule has 3 heterocycles. The second kappa shape index (κ2) is 4.43. The van der Waals surface area contributed by atoms with E-state index < -0.39 is 0 Å². The van der Waals surface area contributed by atoms with E-state index in [4.69, 9.17) is 12.2 Å². The van der Waals surface area contributed by atoms with Gasteiger partial charge in [0.2, 0.25) is 4.77 Å². The molecule has 3 rings (SSSR count). The van der Waals surface area contributed by atoms with Gasteiger partial charge in [-0.15, -0.1) is 0 Å². The normalized spacial score (nSPS) is 15.5. The molecule has 19 heavy (non-hydrogen) atoms. The Morgan fingerprint density at radius 3 is 2.84 bits per heavy atom. The third-order valence-electron chi connectivity index (χ3n) is 3.56. The molecule has 0 saturated heterocycles. The van der Waals surface area contributed by atoms with E-state index in [1.54, 1.807) is 4.57 Å². The highest BCUT2D eigenvalue weighted by atomic mass is 32.1. The Labute approximate surface area is 115 Å². The number of rotatable bonds is 1. The van der Waals surface area contributed by atoms with Crippen LogP contribution in [0.25, 0.3) is 11.4 Å². The molecular weight excluding hydrogens is 262 g/mol. The number of nitrogens with one attached hydrogen (secondary N) is 2. The van der Waals surface area contributed by atoms with Crippen molar-refractivity contribution >= 4 is 12.2 Å². The summed E-state index contributed by atoms with van der Waals surface area (Å²) in [6.45, 7) is 1.83. The lowest BCUT2D eigenvalue weighted by Gasteiger charge is -2.26. The molecule has 2 aromatic heterocycles. The Morgan fingerprint density at radius 1 is 1.37 bits per heavy atom. The van der Waals surface area contributed by atoms with Gasteiger partial charge in [-0.1, -0.05) is 0 Å². The molecule has 0 atom stereocenters. The first-order valence-electron chi connectivity index (χ1n) is 6.11. The van der Waals surface area contributed by atoms with Gasteiger partial charge in [0.25, 0.3) is 5.56 Å². The summed E-state index contributed by atoms with van der Waals surface area (Å²) >= 11 is 4.93. The molecular formula is C12H15N5OS. The third kappa shape index (κ3) is 2.04. The van der Waals surface area contributed by atoms with Crippen molar-refractivity contribution < 1.29 is 0 Å². The minimum atomic E-state index is -0.0407. The van der Waals surface area contributed by atoms with E-state index in [9.17, 15) is 4.79 Å². The summed E-state index contributed by atoms with van der Waals surface area (Å²) in [6.07, 6.45) is 0.897. The molecule has 1 aliphatic rings. The molecule has 0 bridgehead atoms. The number of aromatic nitrogens is 4. The van der Waals surface area contributed by atoms with Crippen molar-refractivity contribution in [2.75, 3.05) is 13.6 Å². The van der Waals surface area contributed by atoms with Gasteiger partial charge in [-0.05, 0) is 30.9 Å². The van der Waals surface area contributed by atoms with Gasteiger partial charge >= 0.3 is 0 Å². The minimum Gasteiger partial charge on any atom is -0.315 e. The number of aromatic amines is 2. The SMILES string of the molecule is CN1CCc2c(cc(-c3nc(=S)[nH][nH]3)c(=O)n2C)C1. The van der Waals surface area contributed by atoms with Crippen LogP contribution in [-0.4, -0.2) is 38.2 Å². The first kappa shape index (κ1) is 12.3. The van der Waals surface area contributed by atoms with Gasteiger partial charge in [-0.3, -0.25) is 15.0 Å². The summed E-state index contributed by atoms with van der Waals surface area (Å²) in [6, 6.07) is 1.93. The summed E-state index contributed by atoms with van der Waals surface area (Å²) in [7, 11) is 3.90. The zero-order valence-electron chi connectivity index (χ0n) is 10.9. The molecule has 0 amide bonds. The Balaban J connectivity index is 2.22. The van der Waals surface area contributed by atoms with E-state index >= 15 is 0 Å². The van der Waals surface area contributed by atoms with Crippen LogP contribution in [0.5, 0.6) is 0 Å². The van der Waals surface area contributed by atoms with Gasteiger partial charge in [0.15, 0.2) is 5.82 Å². The number of pyridine rings is 1. The Morgan fingerprint density at radius 2 is 2.16 bits per heavy atom. The highest BCUT2D eigenvalue weighted by Gasteiger charge is 2.19. The van der Waals surface area contributed by atoms with Crippen LogP contribution < -0.4 is 5.56 Å². The monoisotopic (exact) mass is 277 g/mol. The molecule has 0 radical (unpaired) electrons. The molecule has 1 aliphatic heterocycles. The molecule has 0 saturated carbocycles. The molecule has 0 spiro atoms. The lowest BCUT2D eigenvalue weighted by Crippen LogP contribution is -2.33. The molecule has 7 heteroatoms. The smallest absolute Gasteiger partial charge is 0.261 e. The van der Waals surface area contributed by atoms with Crippen molar-refractivity contribution in [2.24, 2.45) is 7.05 Å². The van der Waals surface area contributed by atoms with Crippen LogP contribution in [0.2, 0.25) is 0 Å². The maximum Gasteiger partial charge on any atom is 0.261 e. The maximum atomic E-state index is 12.4. The standard InChI is InChI=1S/C12H15N5OS/c1-16-4-3-9-7(6-16)5-8(11(18)17(9)2)10-13-12(19)15-14-10/h5H,3-4,6H2,1-2H3,(H2,13,14,15,19). The quantitative estimate of drug-likeness (QED) is 0.757. The third-order valence-corrected chi connectivity index (χ3v) is 3.75. The zero-order chi connectivity index (χ0) is 13.6. The minimum absolute atomic E-state index is 0.0407. The van der Waals surface area contributed by atoms with Crippen molar-refractivity contribution in [3.05, 3.63) is 32.4 Å². The predicted octanol–water partition coefficient (Wildman–Crippen LogP) is 0.821. The molecule has 100 valence electrons. The van der Waals surface area contributed by atoms with Crippen molar-refractivity contribution in [2.45, 2.75) is 13.0 Å². The van der Waals surface area contributed by atoms with Gasteiger partial charge in [-0.2, -0.15) is 4.98 Å². The summed E-state index contributed by atoms with van der Waals surface area (Å²) in [5, 5.41) is 5.56. The highest BCUT2D eigenvalue weighted by molar-refractivity contribution is 7.71. The molecule has 2 N–H and O–H groups in total. The van der Waals surface area contributed by atoms with E-state index in [0.717, 1.165) is 25.2 Å². The Kier molecular flexibility index (Phi) is 2.87. The number of nitrogens with zero attached hydrogens (tertiary/aromatic N) is 3. The number of fused-ring (bicyclic) bond motifs is 1. The van der Waals surface area contributed by atoms with E-state index in [-0.39, 0.29) is 5.56 Å². The average Bonchev–Trinajstić information content (AvgIpc) is 2.80. The topological polar surface area (TPSA) is 69.7 Å². The van der Waals surface area contributed by atoms with Crippen LogP contribution in [0.1, 0.15) is 11.3 Å². The fraction of sp³-hybridized carbons (Fsp3) is 0.417. The second-order valence-corrected chi connectivity index (χ2v) is 5.28. The Hall–Kier alpha value is -1.73. The van der Waals surface area contributed by atoms with Crippen LogP contribution in [0.4, 0.5) is 0 Å². The maximum absolute atomic E-state index is 12.4. The zero-order valence-corrected chi connectivity index (χ0v) is 11.7. The summed E-state index contributed by atoms with van der Waals surface area (Å²) < 4.78 is 2.08. The first-order chi connectivity index (χ1) is 9.06. The van der Waals surface area contributed by atoms with Crippen molar-refractivity contribution in [1.82, 2.24) is 24.6 Å². The molecule has 0 fully saturated rings. The lowest BCUT2D eigenvalue weighted by atomic mass is 10.0. The van der Waals surface area contributed by atoms with Gasteiger partial charge in [0.1, 0.15) is 0 Å². The fourth-order valence-corrected chi connectivity index (χ4v) is 2.68. The van der Waals surface area contributed by atoms with Crippen LogP contribution in [0, 0.1) is 4.77 Å². The molecule has 0 unspecified atom stereocenters. The number of hydrogen-bond donors (Lipinski definition) is 2. The van der Waals surface area contributed by atoms with Crippen molar-refractivity contribution in [3.8, 4) is 11.4 Å². The van der Waals surface area contributed by atoms with Gasteiger partial charge in [0.05, 0.1) is 5.56 Å². The molecule has 6 nitrogen and oxygen atoms in total. The Bertz CT molecular complexity index is 741. The van der Waals surface area contributed by atoms with E-state index in [1.807, 2.05) is 13.1 Å². The average molecular weight is 277 g/mol. The highest BCUT2D eigenvalue weighted by Crippen LogP contribution is 2.20. The number of hydrogen-bond acceptors (Lipinski definition) is 4. The first-order valence-corrected chi connectivity index (χ1v) is 6.52. The molecule has 0 aromatic carbocycles. The van der Waals surface area contributed by atoms with Gasteiger partial charge in [0, 0.05) is 32.3 Å². The van der Waals surface area contributed by atoms with E-state index in [1.165, 1.54) is 5.56 Å². The van der Waals surface area contributed by atoms with Gasteiger partial charge in [-0.25, -0.2) is 0 Å². The van der Waals surface area contributed by atoms with Crippen LogP contribution in [-0.2, 0) is 20.0 Å². The van der Waals surface area contributed by atoms with E-state index in [0.29, 0.717) is 16.2 Å². The van der Waals surface area contributed by atoms with Crippen molar-refractivity contribution in [1.29, 1.82) is 0 Å². The van der Waals surface area contributed by atoms with Crippen LogP contribution in [0.3, 0.4) is 0 Å². The number of H-pyrrole nitrogens is 2. The second-order valence-electron chi connectivity index (χ2n) is 4.90. The van der Waals surface area contributed by atoms with Crippen LogP contribution in [0.15, 0.2) is 10.9 Å². The van der Waals surface area contributed by atoms with Crippen molar-refractivity contribution in [3.63, 3.8) is 0 Å². The summed E-state index contributed by atoms with van der Waals surface area (Å²) in [5.74, 6) is 0.502. The van der Waals surface area contributed by atoms with Gasteiger partial charge < -0.3 is 9.47 Å². The van der Waals surface area contributed by atoms with E-state index in [2.05, 4.69) is 27.1 Å². The summed E-state index contributed by atoms with van der Waals surface area (Å²) in [5.41, 5.74) is 2.80. The molecule has 0 aliphatic carbocycles. The largest absolute Gasteiger partial charge is 0.315 e. The fourth-order valence-electron chi connectivity index (χ4n) is 2.54.